The summed E-state index contributed by atoms with van der Waals surface area (Å²) in [4.78, 5) is 6.99. The zero-order valence-corrected chi connectivity index (χ0v) is 10.4. The molecule has 0 saturated carbocycles. The topological polar surface area (TPSA) is 37.3 Å². The molecule has 0 fully saturated rings. The molecule has 0 saturated heterocycles. The van der Waals surface area contributed by atoms with E-state index >= 15 is 0 Å². The Bertz CT molecular complexity index is 85.7. The van der Waals surface area contributed by atoms with Crippen LogP contribution in [0.3, 0.4) is 0 Å². The first-order valence-corrected chi connectivity index (χ1v) is 7.77. The van der Waals surface area contributed by atoms with E-state index in [0.717, 1.165) is 0 Å². The molecular weight excluding hydrogens is 190 g/mol. The van der Waals surface area contributed by atoms with Crippen molar-refractivity contribution in [2.45, 2.75) is 27.7 Å². The van der Waals surface area contributed by atoms with Crippen LogP contribution in [0.2, 0.25) is 0 Å². The lowest BCUT2D eigenvalue weighted by Crippen LogP contribution is -2.04. The molecule has 0 unspecified atom stereocenters. The van der Waals surface area contributed by atoms with E-state index in [1.165, 1.54) is 24.6 Å². The van der Waals surface area contributed by atoms with Crippen LogP contribution >= 0.6 is 15.9 Å². The minimum Gasteiger partial charge on any atom is -0.310 e. The van der Waals surface area contributed by atoms with Gasteiger partial charge >= 0.3 is 8.69 Å². The quantitative estimate of drug-likeness (QED) is 0.724. The largest absolute Gasteiger partial charge is 0.324 e. The monoisotopic (exact) mass is 211 g/mol. The molecule has 0 spiro atoms. The fourth-order valence-electron chi connectivity index (χ4n) is 1.34. The second-order valence-corrected chi connectivity index (χ2v) is 8.06. The van der Waals surface area contributed by atoms with Crippen molar-refractivity contribution in [1.29, 1.82) is 0 Å². The van der Waals surface area contributed by atoms with E-state index < -0.39 is 15.9 Å². The third kappa shape index (κ3) is 6.06. The third-order valence-corrected chi connectivity index (χ3v) is 8.05. The van der Waals surface area contributed by atoms with Gasteiger partial charge < -0.3 is 4.89 Å². The van der Waals surface area contributed by atoms with Gasteiger partial charge in [-0.2, -0.15) is 0 Å². The Balaban J connectivity index is 0. The van der Waals surface area contributed by atoms with Gasteiger partial charge in [-0.05, 0) is 27.7 Å². The summed E-state index contributed by atoms with van der Waals surface area (Å²) in [6, 6.07) is 0. The number of hydrogen-bond acceptors (Lipinski definition) is 1. The number of rotatable bonds is 4. The van der Waals surface area contributed by atoms with Gasteiger partial charge in [-0.3, -0.25) is 0 Å². The molecule has 2 nitrogen and oxygen atoms in total. The second kappa shape index (κ2) is 9.58. The van der Waals surface area contributed by atoms with Gasteiger partial charge in [-0.15, -0.1) is 0 Å². The Labute approximate surface area is 78.4 Å². The van der Waals surface area contributed by atoms with E-state index in [9.17, 15) is 0 Å². The maximum atomic E-state index is 8.46. The Morgan fingerprint density at radius 3 is 1.17 bits per heavy atom. The lowest BCUT2D eigenvalue weighted by molar-refractivity contribution is 0.524. The molecule has 1 N–H and O–H groups in total. The van der Waals surface area contributed by atoms with Crippen LogP contribution in [0.15, 0.2) is 0 Å². The van der Waals surface area contributed by atoms with E-state index in [1.807, 2.05) is 0 Å². The van der Waals surface area contributed by atoms with E-state index in [4.69, 9.17) is 9.46 Å². The van der Waals surface area contributed by atoms with Crippen molar-refractivity contribution < 1.29 is 9.46 Å². The van der Waals surface area contributed by atoms with Crippen molar-refractivity contribution in [3.8, 4) is 0 Å². The van der Waals surface area contributed by atoms with Crippen LogP contribution in [0.1, 0.15) is 27.7 Å². The summed E-state index contributed by atoms with van der Waals surface area (Å²) in [6.45, 7) is 9.41. The molecule has 0 amide bonds. The smallest absolute Gasteiger partial charge is 0.310 e. The van der Waals surface area contributed by atoms with E-state index in [0.29, 0.717) is 0 Å². The van der Waals surface area contributed by atoms with Gasteiger partial charge in [0.25, 0.3) is 0 Å². The van der Waals surface area contributed by atoms with Gasteiger partial charge in [0.15, 0.2) is 0 Å². The summed E-state index contributed by atoms with van der Waals surface area (Å²) in [5.41, 5.74) is 0. The molecule has 0 bridgehead atoms. The molecule has 0 aliphatic carbocycles. The van der Waals surface area contributed by atoms with E-state index in [1.54, 1.807) is 0 Å². The average Bonchev–Trinajstić information content (AvgIpc) is 2.11. The first kappa shape index (κ1) is 15.0. The molecule has 0 atom stereocenters. The summed E-state index contributed by atoms with van der Waals surface area (Å²) in [5.74, 6) is 0. The van der Waals surface area contributed by atoms with Crippen molar-refractivity contribution >= 4 is 15.9 Å². The van der Waals surface area contributed by atoms with Crippen LogP contribution in [0, 0.1) is 0 Å². The van der Waals surface area contributed by atoms with Crippen molar-refractivity contribution in [1.82, 2.24) is 0 Å². The Hall–Kier alpha value is 0.490. The van der Waals surface area contributed by atoms with Crippen LogP contribution in [0.5, 0.6) is 0 Å². The molecule has 0 heterocycles. The summed E-state index contributed by atoms with van der Waals surface area (Å²) >= 11 is 0. The van der Waals surface area contributed by atoms with Crippen LogP contribution in [-0.2, 0) is 4.57 Å². The average molecular weight is 211 g/mol. The zero-order valence-electron chi connectivity index (χ0n) is 8.58. The molecular formula is C8H21O2P2+. The highest BCUT2D eigenvalue weighted by atomic mass is 31.2. The molecule has 0 aliphatic rings. The van der Waals surface area contributed by atoms with E-state index in [-0.39, 0.29) is 0 Å². The molecule has 0 radical (unpaired) electrons. The van der Waals surface area contributed by atoms with Crippen LogP contribution in [0.25, 0.3) is 0 Å². The normalized spacial score (nSPS) is 10.8. The van der Waals surface area contributed by atoms with Gasteiger partial charge in [0, 0.05) is 7.26 Å². The molecule has 0 aromatic heterocycles. The molecule has 0 aromatic rings. The standard InChI is InChI=1S/C8H20P.HO2P/c1-5-9(6-2,7-3)8-4;1-3-2/h5-8H2,1-4H3;(H,1,2)/q+1;. The summed E-state index contributed by atoms with van der Waals surface area (Å²) in [5, 5.41) is 0. The fraction of sp³-hybridized carbons (Fsp3) is 1.00. The lowest BCUT2D eigenvalue weighted by atomic mass is 10.9. The fourth-order valence-corrected chi connectivity index (χ4v) is 4.02. The van der Waals surface area contributed by atoms with Crippen LogP contribution in [-0.4, -0.2) is 29.5 Å². The molecule has 0 aliphatic heterocycles. The SMILES string of the molecule is CC[P+](CC)(CC)CC.O=PO. The highest BCUT2D eigenvalue weighted by Crippen LogP contribution is 2.57. The molecule has 4 heteroatoms. The Morgan fingerprint density at radius 1 is 1.00 bits per heavy atom. The van der Waals surface area contributed by atoms with Crippen molar-refractivity contribution in [2.24, 2.45) is 0 Å². The van der Waals surface area contributed by atoms with Crippen LogP contribution in [0.4, 0.5) is 0 Å². The molecule has 0 aromatic carbocycles. The minimum atomic E-state index is -0.833. The van der Waals surface area contributed by atoms with Gasteiger partial charge in [-0.1, -0.05) is 0 Å². The van der Waals surface area contributed by atoms with Gasteiger partial charge in [-0.25, -0.2) is 4.57 Å². The van der Waals surface area contributed by atoms with Crippen molar-refractivity contribution in [3.63, 3.8) is 0 Å². The van der Waals surface area contributed by atoms with E-state index in [2.05, 4.69) is 27.7 Å². The first-order chi connectivity index (χ1) is 5.66. The summed E-state index contributed by atoms with van der Waals surface area (Å²) in [7, 11) is -1.25. The maximum absolute atomic E-state index is 8.46. The molecule has 0 rings (SSSR count). The molecule has 74 valence electrons. The minimum absolute atomic E-state index is 0.420. The van der Waals surface area contributed by atoms with Crippen LogP contribution < -0.4 is 0 Å². The third-order valence-electron chi connectivity index (χ3n) is 2.68. The van der Waals surface area contributed by atoms with Crippen molar-refractivity contribution in [3.05, 3.63) is 0 Å². The zero-order chi connectivity index (χ0) is 10.0. The first-order valence-electron chi connectivity index (χ1n) is 4.48. The highest BCUT2D eigenvalue weighted by molar-refractivity contribution is 7.75. The maximum Gasteiger partial charge on any atom is 0.324 e. The lowest BCUT2D eigenvalue weighted by Gasteiger charge is -2.20. The predicted octanol–water partition coefficient (Wildman–Crippen LogP) is 3.27. The Morgan fingerprint density at radius 2 is 1.17 bits per heavy atom. The second-order valence-electron chi connectivity index (χ2n) is 2.69. The number of hydrogen-bond donors (Lipinski definition) is 1. The summed E-state index contributed by atoms with van der Waals surface area (Å²) < 4.78 is 8.46. The molecule has 12 heavy (non-hydrogen) atoms. The van der Waals surface area contributed by atoms with Gasteiger partial charge in [0.05, 0.1) is 24.6 Å². The van der Waals surface area contributed by atoms with Crippen molar-refractivity contribution in [2.75, 3.05) is 24.6 Å². The summed E-state index contributed by atoms with van der Waals surface area (Å²) in [6.07, 6.45) is 5.82. The Kier molecular flexibility index (Phi) is 12.0. The van der Waals surface area contributed by atoms with Gasteiger partial charge in [0.2, 0.25) is 0 Å². The predicted molar refractivity (Wildman–Crippen MR) is 58.9 cm³/mol. The van der Waals surface area contributed by atoms with Gasteiger partial charge in [0.1, 0.15) is 0 Å². The highest BCUT2D eigenvalue weighted by Gasteiger charge is 2.27.